The molecular weight excluding hydrogens is 192 g/mol. The third-order valence-electron chi connectivity index (χ3n) is 2.08. The molecule has 0 aliphatic carbocycles. The van der Waals surface area contributed by atoms with E-state index in [0.717, 1.165) is 32.2 Å². The van der Waals surface area contributed by atoms with Gasteiger partial charge < -0.3 is 10.6 Å². The van der Waals surface area contributed by atoms with E-state index in [1.165, 1.54) is 6.92 Å². The number of hydrogen-bond acceptors (Lipinski definition) is 2. The molecule has 0 spiro atoms. The molecule has 4 heteroatoms. The molecule has 0 saturated heterocycles. The lowest BCUT2D eigenvalue weighted by atomic mass is 10.1. The molecular formula is C11H22N2O2. The Morgan fingerprint density at radius 3 is 2.27 bits per heavy atom. The molecule has 0 fully saturated rings. The van der Waals surface area contributed by atoms with Crippen LogP contribution in [0.3, 0.4) is 0 Å². The van der Waals surface area contributed by atoms with E-state index in [2.05, 4.69) is 10.6 Å². The molecule has 2 N–H and O–H groups in total. The van der Waals surface area contributed by atoms with Gasteiger partial charge in [-0.2, -0.15) is 0 Å². The maximum Gasteiger partial charge on any atom is 0.219 e. The SMILES string of the molecule is CCNC(=O)CCCCCCNC(C)=O. The minimum Gasteiger partial charge on any atom is -0.356 e. The van der Waals surface area contributed by atoms with Crippen LogP contribution >= 0.6 is 0 Å². The van der Waals surface area contributed by atoms with Crippen molar-refractivity contribution in [1.29, 1.82) is 0 Å². The normalized spacial score (nSPS) is 9.73. The molecule has 0 heterocycles. The number of amides is 2. The first-order valence-electron chi connectivity index (χ1n) is 5.68. The van der Waals surface area contributed by atoms with Crippen LogP contribution < -0.4 is 10.6 Å². The van der Waals surface area contributed by atoms with Crippen LogP contribution in [-0.4, -0.2) is 24.9 Å². The summed E-state index contributed by atoms with van der Waals surface area (Å²) in [5.74, 6) is 0.164. The number of hydrogen-bond donors (Lipinski definition) is 2. The standard InChI is InChI=1S/C11H22N2O2/c1-3-12-11(15)8-6-4-5-7-9-13-10(2)14/h3-9H2,1-2H3,(H,12,15)(H,13,14). The van der Waals surface area contributed by atoms with Crippen molar-refractivity contribution < 1.29 is 9.59 Å². The van der Waals surface area contributed by atoms with Gasteiger partial charge in [-0.25, -0.2) is 0 Å². The van der Waals surface area contributed by atoms with Gasteiger partial charge in [-0.1, -0.05) is 12.8 Å². The summed E-state index contributed by atoms with van der Waals surface area (Å²) in [6.45, 7) is 4.90. The van der Waals surface area contributed by atoms with E-state index < -0.39 is 0 Å². The number of carbonyl (C=O) groups excluding carboxylic acids is 2. The zero-order valence-corrected chi connectivity index (χ0v) is 9.77. The van der Waals surface area contributed by atoms with Crippen LogP contribution in [0.25, 0.3) is 0 Å². The van der Waals surface area contributed by atoms with Crippen LogP contribution in [0.5, 0.6) is 0 Å². The molecule has 0 aromatic heterocycles. The summed E-state index contributed by atoms with van der Waals surface area (Å²) in [4.78, 5) is 21.6. The second kappa shape index (κ2) is 9.49. The van der Waals surface area contributed by atoms with Gasteiger partial charge in [-0.05, 0) is 19.8 Å². The lowest BCUT2D eigenvalue weighted by molar-refractivity contribution is -0.121. The van der Waals surface area contributed by atoms with Gasteiger partial charge in [0.05, 0.1) is 0 Å². The highest BCUT2D eigenvalue weighted by molar-refractivity contribution is 5.75. The maximum atomic E-state index is 11.1. The van der Waals surface area contributed by atoms with Crippen LogP contribution in [0.15, 0.2) is 0 Å². The zero-order valence-electron chi connectivity index (χ0n) is 9.77. The van der Waals surface area contributed by atoms with Crippen LogP contribution in [-0.2, 0) is 9.59 Å². The fourth-order valence-corrected chi connectivity index (χ4v) is 1.31. The van der Waals surface area contributed by atoms with E-state index in [1.54, 1.807) is 0 Å². The van der Waals surface area contributed by atoms with Crippen molar-refractivity contribution >= 4 is 11.8 Å². The van der Waals surface area contributed by atoms with Crippen LogP contribution in [0.2, 0.25) is 0 Å². The van der Waals surface area contributed by atoms with Crippen molar-refractivity contribution in [2.75, 3.05) is 13.1 Å². The van der Waals surface area contributed by atoms with Crippen molar-refractivity contribution in [2.24, 2.45) is 0 Å². The minimum absolute atomic E-state index is 0.0253. The molecule has 0 aromatic carbocycles. The second-order valence-electron chi connectivity index (χ2n) is 3.60. The molecule has 0 rings (SSSR count). The van der Waals surface area contributed by atoms with E-state index >= 15 is 0 Å². The topological polar surface area (TPSA) is 58.2 Å². The van der Waals surface area contributed by atoms with Crippen LogP contribution in [0.4, 0.5) is 0 Å². The van der Waals surface area contributed by atoms with Crippen molar-refractivity contribution in [3.8, 4) is 0 Å². The molecule has 0 bridgehead atoms. The Bertz CT molecular complexity index is 193. The highest BCUT2D eigenvalue weighted by Gasteiger charge is 1.98. The number of nitrogens with one attached hydrogen (secondary N) is 2. The maximum absolute atomic E-state index is 11.1. The van der Waals surface area contributed by atoms with Crippen molar-refractivity contribution in [1.82, 2.24) is 10.6 Å². The average Bonchev–Trinajstić information content (AvgIpc) is 2.16. The van der Waals surface area contributed by atoms with Gasteiger partial charge in [0.2, 0.25) is 11.8 Å². The van der Waals surface area contributed by atoms with Gasteiger partial charge in [0.25, 0.3) is 0 Å². The fourth-order valence-electron chi connectivity index (χ4n) is 1.31. The largest absolute Gasteiger partial charge is 0.356 e. The fraction of sp³-hybridized carbons (Fsp3) is 0.818. The summed E-state index contributed by atoms with van der Waals surface area (Å²) in [5, 5.41) is 5.51. The summed E-state index contributed by atoms with van der Waals surface area (Å²) in [6, 6.07) is 0. The summed E-state index contributed by atoms with van der Waals surface area (Å²) in [6.07, 6.45) is 4.67. The highest BCUT2D eigenvalue weighted by Crippen LogP contribution is 2.02. The van der Waals surface area contributed by atoms with Crippen molar-refractivity contribution in [3.05, 3.63) is 0 Å². The van der Waals surface area contributed by atoms with E-state index in [0.29, 0.717) is 13.0 Å². The molecule has 0 radical (unpaired) electrons. The lowest BCUT2D eigenvalue weighted by Gasteiger charge is -2.03. The average molecular weight is 214 g/mol. The van der Waals surface area contributed by atoms with E-state index in [1.807, 2.05) is 6.92 Å². The van der Waals surface area contributed by atoms with Crippen LogP contribution in [0, 0.1) is 0 Å². The number of unbranched alkanes of at least 4 members (excludes halogenated alkanes) is 3. The minimum atomic E-state index is 0.0253. The first kappa shape index (κ1) is 13.9. The molecule has 15 heavy (non-hydrogen) atoms. The van der Waals surface area contributed by atoms with Crippen molar-refractivity contribution in [3.63, 3.8) is 0 Å². The number of carbonyl (C=O) groups is 2. The molecule has 2 amide bonds. The first-order chi connectivity index (χ1) is 7.16. The Morgan fingerprint density at radius 2 is 1.67 bits per heavy atom. The summed E-state index contributed by atoms with van der Waals surface area (Å²) in [7, 11) is 0. The molecule has 0 atom stereocenters. The Hall–Kier alpha value is -1.06. The lowest BCUT2D eigenvalue weighted by Crippen LogP contribution is -2.22. The smallest absolute Gasteiger partial charge is 0.219 e. The summed E-state index contributed by atoms with van der Waals surface area (Å²) >= 11 is 0. The van der Waals surface area contributed by atoms with Gasteiger partial charge in [0.1, 0.15) is 0 Å². The second-order valence-corrected chi connectivity index (χ2v) is 3.60. The molecule has 0 aromatic rings. The molecule has 0 aliphatic rings. The van der Waals surface area contributed by atoms with E-state index in [-0.39, 0.29) is 11.8 Å². The molecule has 0 unspecified atom stereocenters. The van der Waals surface area contributed by atoms with Gasteiger partial charge in [0, 0.05) is 26.4 Å². The molecule has 0 saturated carbocycles. The Labute approximate surface area is 91.8 Å². The first-order valence-corrected chi connectivity index (χ1v) is 5.68. The summed E-state index contributed by atoms with van der Waals surface area (Å²) in [5.41, 5.74) is 0. The quantitative estimate of drug-likeness (QED) is 0.597. The highest BCUT2D eigenvalue weighted by atomic mass is 16.2. The van der Waals surface area contributed by atoms with Crippen molar-refractivity contribution in [2.45, 2.75) is 46.0 Å². The van der Waals surface area contributed by atoms with Gasteiger partial charge in [0.15, 0.2) is 0 Å². The Morgan fingerprint density at radius 1 is 1.00 bits per heavy atom. The predicted octanol–water partition coefficient (Wildman–Crippen LogP) is 1.21. The number of rotatable bonds is 8. The molecule has 88 valence electrons. The third-order valence-corrected chi connectivity index (χ3v) is 2.08. The third kappa shape index (κ3) is 10.9. The van der Waals surface area contributed by atoms with Crippen LogP contribution in [0.1, 0.15) is 46.0 Å². The van der Waals surface area contributed by atoms with Gasteiger partial charge in [-0.15, -0.1) is 0 Å². The van der Waals surface area contributed by atoms with E-state index in [9.17, 15) is 9.59 Å². The predicted molar refractivity (Wildman–Crippen MR) is 60.5 cm³/mol. The Kier molecular flexibility index (Phi) is 8.82. The monoisotopic (exact) mass is 214 g/mol. The molecule has 0 aliphatic heterocycles. The molecule has 4 nitrogen and oxygen atoms in total. The van der Waals surface area contributed by atoms with Gasteiger partial charge >= 0.3 is 0 Å². The Balaban J connectivity index is 3.11. The zero-order chi connectivity index (χ0) is 11.5. The summed E-state index contributed by atoms with van der Waals surface area (Å²) < 4.78 is 0. The van der Waals surface area contributed by atoms with Gasteiger partial charge in [-0.3, -0.25) is 9.59 Å². The van der Waals surface area contributed by atoms with E-state index in [4.69, 9.17) is 0 Å².